The average molecular weight is 553 g/mol. The summed E-state index contributed by atoms with van der Waals surface area (Å²) in [6, 6.07) is 12.1. The Morgan fingerprint density at radius 3 is 2.24 bits per heavy atom. The minimum Gasteiger partial charge on any atom is -0.478 e. The van der Waals surface area contributed by atoms with Crippen LogP contribution < -0.4 is 10.6 Å². The molecule has 3 aromatic rings. The van der Waals surface area contributed by atoms with Gasteiger partial charge in [-0.1, -0.05) is 17.7 Å². The number of hydrogen-bond donors (Lipinski definition) is 4. The Balaban J connectivity index is 1.68. The highest BCUT2D eigenvalue weighted by Crippen LogP contribution is 2.36. The molecule has 0 bridgehead atoms. The summed E-state index contributed by atoms with van der Waals surface area (Å²) in [6.45, 7) is 0. The van der Waals surface area contributed by atoms with Crippen molar-refractivity contribution in [1.29, 1.82) is 0 Å². The highest BCUT2D eigenvalue weighted by Gasteiger charge is 2.34. The minimum atomic E-state index is -4.72. The Hall–Kier alpha value is -4.03. The lowest BCUT2D eigenvalue weighted by atomic mass is 10.0. The Kier molecular flexibility index (Phi) is 8.46. The van der Waals surface area contributed by atoms with E-state index in [0.29, 0.717) is 11.0 Å². The highest BCUT2D eigenvalue weighted by atomic mass is 35.5. The third-order valence-electron chi connectivity index (χ3n) is 4.76. The van der Waals surface area contributed by atoms with E-state index in [4.69, 9.17) is 16.7 Å². The number of rotatable bonds is 8. The molecular weight excluding hydrogens is 537 g/mol. The lowest BCUT2D eigenvalue weighted by molar-refractivity contribution is -0.137. The Labute approximate surface area is 216 Å². The van der Waals surface area contributed by atoms with Crippen LogP contribution >= 0.6 is 23.4 Å². The van der Waals surface area contributed by atoms with E-state index in [1.165, 1.54) is 18.2 Å². The summed E-state index contributed by atoms with van der Waals surface area (Å²) >= 11 is 6.62. The van der Waals surface area contributed by atoms with E-state index in [2.05, 4.69) is 10.6 Å². The van der Waals surface area contributed by atoms with Crippen LogP contribution in [0.2, 0.25) is 5.02 Å². The molecule has 2 amide bonds. The summed E-state index contributed by atoms with van der Waals surface area (Å²) in [7, 11) is 0. The van der Waals surface area contributed by atoms with Gasteiger partial charge in [0.1, 0.15) is 0 Å². The molecule has 0 fully saturated rings. The number of nitrogens with one attached hydrogen (secondary N) is 2. The molecule has 0 aliphatic rings. The molecule has 0 radical (unpaired) electrons. The molecule has 0 saturated heterocycles. The standard InChI is InChI=1S/C24H16ClF3N2O6S/c25-13-5-7-19(18(9-13)24(26,27)28)30-20(31)11-37-15-3-1-2-14(10-15)29-21(32)16-6-4-12(22(33)34)8-17(16)23(35)36/h1-10H,11H2,(H,29,32)(H,30,31)(H,33,34)(H,35,36). The van der Waals surface area contributed by atoms with Crippen LogP contribution in [0.5, 0.6) is 0 Å². The number of alkyl halides is 3. The van der Waals surface area contributed by atoms with Gasteiger partial charge in [0.25, 0.3) is 5.91 Å². The molecule has 8 nitrogen and oxygen atoms in total. The monoisotopic (exact) mass is 552 g/mol. The number of hydrogen-bond acceptors (Lipinski definition) is 5. The topological polar surface area (TPSA) is 133 Å². The number of amides is 2. The van der Waals surface area contributed by atoms with E-state index in [1.807, 2.05) is 0 Å². The van der Waals surface area contributed by atoms with Crippen LogP contribution in [0.4, 0.5) is 24.5 Å². The normalized spacial score (nSPS) is 11.0. The average Bonchev–Trinajstić information content (AvgIpc) is 2.83. The molecule has 0 aliphatic carbocycles. The number of carbonyl (C=O) groups excluding carboxylic acids is 2. The van der Waals surface area contributed by atoms with Gasteiger partial charge in [-0.15, -0.1) is 11.8 Å². The Morgan fingerprint density at radius 2 is 1.59 bits per heavy atom. The number of carbonyl (C=O) groups is 4. The molecule has 0 saturated carbocycles. The fourth-order valence-corrected chi connectivity index (χ4v) is 4.04. The van der Waals surface area contributed by atoms with E-state index in [1.54, 1.807) is 12.1 Å². The van der Waals surface area contributed by atoms with Crippen LogP contribution in [0.15, 0.2) is 65.6 Å². The van der Waals surface area contributed by atoms with Crippen LogP contribution in [-0.4, -0.2) is 39.7 Å². The van der Waals surface area contributed by atoms with Gasteiger partial charge in [-0.05, 0) is 54.6 Å². The number of halogens is 4. The summed E-state index contributed by atoms with van der Waals surface area (Å²) in [5, 5.41) is 23.0. The van der Waals surface area contributed by atoms with Crippen LogP contribution in [0.3, 0.4) is 0 Å². The zero-order valence-electron chi connectivity index (χ0n) is 18.4. The van der Waals surface area contributed by atoms with Crippen molar-refractivity contribution in [3.05, 3.63) is 87.9 Å². The molecule has 37 heavy (non-hydrogen) atoms. The van der Waals surface area contributed by atoms with Crippen molar-refractivity contribution in [2.45, 2.75) is 11.1 Å². The fourth-order valence-electron chi connectivity index (χ4n) is 3.11. The number of thioether (sulfide) groups is 1. The maximum Gasteiger partial charge on any atom is 0.418 e. The van der Waals surface area contributed by atoms with E-state index < -0.39 is 46.7 Å². The van der Waals surface area contributed by atoms with Gasteiger partial charge < -0.3 is 20.8 Å². The Morgan fingerprint density at radius 1 is 0.865 bits per heavy atom. The van der Waals surface area contributed by atoms with Crippen LogP contribution in [-0.2, 0) is 11.0 Å². The molecule has 0 aliphatic heterocycles. The number of anilines is 2. The molecule has 3 rings (SSSR count). The van der Waals surface area contributed by atoms with Crippen molar-refractivity contribution in [3.8, 4) is 0 Å². The first-order valence-electron chi connectivity index (χ1n) is 10.2. The smallest absolute Gasteiger partial charge is 0.418 e. The Bertz CT molecular complexity index is 1400. The quantitative estimate of drug-likeness (QED) is 0.262. The van der Waals surface area contributed by atoms with E-state index in [-0.39, 0.29) is 27.6 Å². The molecule has 0 heterocycles. The molecule has 0 unspecified atom stereocenters. The summed E-state index contributed by atoms with van der Waals surface area (Å²) in [6.07, 6.45) is -4.72. The summed E-state index contributed by atoms with van der Waals surface area (Å²) in [5.41, 5.74) is -2.34. The first kappa shape index (κ1) is 27.6. The number of aromatic carboxylic acids is 2. The molecule has 13 heteroatoms. The summed E-state index contributed by atoms with van der Waals surface area (Å²) in [5.74, 6) is -4.61. The largest absolute Gasteiger partial charge is 0.478 e. The third-order valence-corrected chi connectivity index (χ3v) is 5.99. The second-order valence-electron chi connectivity index (χ2n) is 7.38. The van der Waals surface area contributed by atoms with Gasteiger partial charge in [-0.2, -0.15) is 13.2 Å². The molecule has 0 aromatic heterocycles. The minimum absolute atomic E-state index is 0.133. The zero-order chi connectivity index (χ0) is 27.3. The lowest BCUT2D eigenvalue weighted by Crippen LogP contribution is -2.18. The van der Waals surface area contributed by atoms with E-state index >= 15 is 0 Å². The molecule has 4 N–H and O–H groups in total. The predicted octanol–water partition coefficient (Wildman–Crippen LogP) is 5.74. The van der Waals surface area contributed by atoms with Crippen molar-refractivity contribution < 1.29 is 42.6 Å². The molecule has 192 valence electrons. The van der Waals surface area contributed by atoms with Crippen molar-refractivity contribution >= 4 is 58.5 Å². The van der Waals surface area contributed by atoms with Crippen molar-refractivity contribution in [3.63, 3.8) is 0 Å². The zero-order valence-corrected chi connectivity index (χ0v) is 20.0. The van der Waals surface area contributed by atoms with Crippen molar-refractivity contribution in [1.82, 2.24) is 0 Å². The fraction of sp³-hybridized carbons (Fsp3) is 0.0833. The first-order valence-corrected chi connectivity index (χ1v) is 11.5. The second-order valence-corrected chi connectivity index (χ2v) is 8.86. The summed E-state index contributed by atoms with van der Waals surface area (Å²) < 4.78 is 39.7. The molecule has 0 atom stereocenters. The van der Waals surface area contributed by atoms with Gasteiger partial charge in [-0.25, -0.2) is 9.59 Å². The third kappa shape index (κ3) is 7.24. The molecule has 3 aromatic carbocycles. The maximum absolute atomic E-state index is 13.2. The highest BCUT2D eigenvalue weighted by molar-refractivity contribution is 8.00. The SMILES string of the molecule is O=C(CSc1cccc(NC(=O)c2ccc(C(=O)O)cc2C(=O)O)c1)Nc1ccc(Cl)cc1C(F)(F)F. The van der Waals surface area contributed by atoms with Gasteiger partial charge in [0.05, 0.1) is 33.7 Å². The van der Waals surface area contributed by atoms with Gasteiger partial charge in [-0.3, -0.25) is 9.59 Å². The molecular formula is C24H16ClF3N2O6S. The van der Waals surface area contributed by atoms with Gasteiger partial charge in [0.2, 0.25) is 5.91 Å². The maximum atomic E-state index is 13.2. The van der Waals surface area contributed by atoms with Crippen molar-refractivity contribution in [2.24, 2.45) is 0 Å². The van der Waals surface area contributed by atoms with E-state index in [9.17, 15) is 37.5 Å². The number of carboxylic acids is 2. The second kappa shape index (κ2) is 11.4. The van der Waals surface area contributed by atoms with Gasteiger partial charge in [0.15, 0.2) is 0 Å². The molecule has 0 spiro atoms. The van der Waals surface area contributed by atoms with E-state index in [0.717, 1.165) is 36.0 Å². The van der Waals surface area contributed by atoms with Crippen LogP contribution in [0.25, 0.3) is 0 Å². The first-order chi connectivity index (χ1) is 17.3. The van der Waals surface area contributed by atoms with Crippen LogP contribution in [0.1, 0.15) is 36.6 Å². The van der Waals surface area contributed by atoms with Gasteiger partial charge >= 0.3 is 18.1 Å². The van der Waals surface area contributed by atoms with Crippen LogP contribution in [0, 0.1) is 0 Å². The van der Waals surface area contributed by atoms with Crippen molar-refractivity contribution in [2.75, 3.05) is 16.4 Å². The predicted molar refractivity (Wildman–Crippen MR) is 131 cm³/mol. The summed E-state index contributed by atoms with van der Waals surface area (Å²) in [4.78, 5) is 48.0. The number of carboxylic acid groups (broad SMARTS) is 2. The lowest BCUT2D eigenvalue weighted by Gasteiger charge is -2.14. The van der Waals surface area contributed by atoms with Gasteiger partial charge in [0, 0.05) is 15.6 Å². The number of benzene rings is 3.